The second kappa shape index (κ2) is 8.08. The number of nitrogens with zero attached hydrogens (tertiary/aromatic N) is 1. The number of ether oxygens (including phenoxy) is 2. The van der Waals surface area contributed by atoms with Crippen molar-refractivity contribution >= 4 is 5.97 Å². The molecule has 0 bridgehead atoms. The van der Waals surface area contributed by atoms with Crippen molar-refractivity contribution in [2.45, 2.75) is 53.1 Å². The van der Waals surface area contributed by atoms with Crippen molar-refractivity contribution in [2.24, 2.45) is 5.41 Å². The first-order chi connectivity index (χ1) is 7.97. The minimum Gasteiger partial charge on any atom is -0.466 e. The normalized spacial score (nSPS) is 12.9. The summed E-state index contributed by atoms with van der Waals surface area (Å²) in [7, 11) is 0. The minimum atomic E-state index is -0.681. The molecular weight excluding hydrogens is 218 g/mol. The van der Waals surface area contributed by atoms with Crippen LogP contribution in [-0.2, 0) is 14.3 Å². The highest BCUT2D eigenvalue weighted by molar-refractivity contribution is 5.70. The molecule has 0 heterocycles. The van der Waals surface area contributed by atoms with Gasteiger partial charge in [-0.2, -0.15) is 5.26 Å². The lowest BCUT2D eigenvalue weighted by Crippen LogP contribution is -2.33. The molecule has 0 N–H and O–H groups in total. The fourth-order valence-electron chi connectivity index (χ4n) is 1.34. The average molecular weight is 241 g/mol. The Morgan fingerprint density at radius 3 is 2.53 bits per heavy atom. The molecule has 0 fully saturated rings. The first-order valence-corrected chi connectivity index (χ1v) is 6.16. The lowest BCUT2D eigenvalue weighted by molar-refractivity contribution is -0.148. The lowest BCUT2D eigenvalue weighted by atomic mass is 9.86. The molecule has 0 aliphatic rings. The van der Waals surface area contributed by atoms with Crippen molar-refractivity contribution in [1.82, 2.24) is 0 Å². The van der Waals surface area contributed by atoms with E-state index in [1.807, 2.05) is 13.8 Å². The maximum Gasteiger partial charge on any atom is 0.308 e. The molecule has 0 saturated heterocycles. The van der Waals surface area contributed by atoms with Crippen molar-refractivity contribution in [3.05, 3.63) is 0 Å². The Balaban J connectivity index is 4.26. The fourth-order valence-corrected chi connectivity index (χ4v) is 1.34. The second-order valence-corrected chi connectivity index (χ2v) is 4.56. The van der Waals surface area contributed by atoms with Gasteiger partial charge < -0.3 is 9.47 Å². The van der Waals surface area contributed by atoms with Gasteiger partial charge in [0.25, 0.3) is 0 Å². The van der Waals surface area contributed by atoms with Gasteiger partial charge in [0, 0.05) is 6.61 Å². The smallest absolute Gasteiger partial charge is 0.308 e. The van der Waals surface area contributed by atoms with E-state index < -0.39 is 11.5 Å². The van der Waals surface area contributed by atoms with E-state index >= 15 is 0 Å². The molecule has 1 atom stereocenters. The summed E-state index contributed by atoms with van der Waals surface area (Å²) in [5.74, 6) is -0.291. The van der Waals surface area contributed by atoms with E-state index in [0.717, 1.165) is 12.8 Å². The predicted octanol–water partition coefficient (Wildman–Crippen LogP) is 2.67. The van der Waals surface area contributed by atoms with Crippen LogP contribution in [0.1, 0.15) is 47.0 Å². The van der Waals surface area contributed by atoms with Gasteiger partial charge in [-0.25, -0.2) is 0 Å². The molecular formula is C13H23NO3. The highest BCUT2D eigenvalue weighted by Crippen LogP contribution is 2.25. The van der Waals surface area contributed by atoms with Crippen LogP contribution < -0.4 is 0 Å². The van der Waals surface area contributed by atoms with Crippen molar-refractivity contribution in [1.29, 1.82) is 5.26 Å². The molecule has 4 heteroatoms. The first-order valence-electron chi connectivity index (χ1n) is 6.16. The van der Waals surface area contributed by atoms with Crippen LogP contribution in [0.25, 0.3) is 0 Å². The van der Waals surface area contributed by atoms with E-state index in [0.29, 0.717) is 13.2 Å². The van der Waals surface area contributed by atoms with Gasteiger partial charge in [-0.3, -0.25) is 4.79 Å². The van der Waals surface area contributed by atoms with E-state index in [9.17, 15) is 4.79 Å². The molecule has 0 aromatic rings. The van der Waals surface area contributed by atoms with Crippen LogP contribution in [0.3, 0.4) is 0 Å². The Labute approximate surface area is 104 Å². The summed E-state index contributed by atoms with van der Waals surface area (Å²) >= 11 is 0. The molecule has 0 amide bonds. The number of carbonyl (C=O) groups is 1. The fraction of sp³-hybridized carbons (Fsp3) is 0.846. The Morgan fingerprint density at radius 2 is 2.06 bits per heavy atom. The first kappa shape index (κ1) is 15.9. The topological polar surface area (TPSA) is 59.3 Å². The standard InChI is InChI=1S/C13H23NO3/c1-5-7-8-17-12(15)9-11(16-6-2)13(3,4)10-14/h11H,5-9H2,1-4H3. The highest BCUT2D eigenvalue weighted by Gasteiger charge is 2.32. The number of hydrogen-bond acceptors (Lipinski definition) is 4. The summed E-state index contributed by atoms with van der Waals surface area (Å²) in [5, 5.41) is 9.04. The van der Waals surface area contributed by atoms with E-state index in [1.165, 1.54) is 0 Å². The highest BCUT2D eigenvalue weighted by atomic mass is 16.5. The summed E-state index contributed by atoms with van der Waals surface area (Å²) in [5.41, 5.74) is -0.681. The molecule has 0 aromatic heterocycles. The van der Waals surface area contributed by atoms with Gasteiger partial charge in [-0.05, 0) is 27.2 Å². The molecule has 98 valence electrons. The minimum absolute atomic E-state index is 0.137. The maximum atomic E-state index is 11.6. The van der Waals surface area contributed by atoms with Gasteiger partial charge >= 0.3 is 5.97 Å². The molecule has 0 spiro atoms. The molecule has 1 unspecified atom stereocenters. The molecule has 0 rings (SSSR count). The van der Waals surface area contributed by atoms with Crippen LogP contribution in [0.5, 0.6) is 0 Å². The number of carbonyl (C=O) groups excluding carboxylic acids is 1. The summed E-state index contributed by atoms with van der Waals surface area (Å²) in [4.78, 5) is 11.6. The predicted molar refractivity (Wildman–Crippen MR) is 65.3 cm³/mol. The van der Waals surface area contributed by atoms with Crippen LogP contribution in [0, 0.1) is 16.7 Å². The molecule has 0 saturated carbocycles. The third kappa shape index (κ3) is 6.28. The third-order valence-electron chi connectivity index (χ3n) is 2.57. The Hall–Kier alpha value is -1.08. The summed E-state index contributed by atoms with van der Waals surface area (Å²) in [6.45, 7) is 8.36. The summed E-state index contributed by atoms with van der Waals surface area (Å²) in [6, 6.07) is 2.17. The summed E-state index contributed by atoms with van der Waals surface area (Å²) in [6.07, 6.45) is 1.59. The molecule has 0 aliphatic heterocycles. The van der Waals surface area contributed by atoms with Crippen LogP contribution in [0.15, 0.2) is 0 Å². The van der Waals surface area contributed by atoms with E-state index in [-0.39, 0.29) is 12.4 Å². The Kier molecular flexibility index (Phi) is 7.56. The zero-order valence-electron chi connectivity index (χ0n) is 11.3. The monoisotopic (exact) mass is 241 g/mol. The molecule has 17 heavy (non-hydrogen) atoms. The van der Waals surface area contributed by atoms with E-state index in [4.69, 9.17) is 14.7 Å². The van der Waals surface area contributed by atoms with Crippen molar-refractivity contribution in [3.8, 4) is 6.07 Å². The number of unbranched alkanes of at least 4 members (excludes halogenated alkanes) is 1. The van der Waals surface area contributed by atoms with Gasteiger partial charge in [0.15, 0.2) is 0 Å². The van der Waals surface area contributed by atoms with Gasteiger partial charge in [-0.15, -0.1) is 0 Å². The third-order valence-corrected chi connectivity index (χ3v) is 2.57. The van der Waals surface area contributed by atoms with Gasteiger partial charge in [0.05, 0.1) is 30.6 Å². The van der Waals surface area contributed by atoms with Crippen LogP contribution in [0.4, 0.5) is 0 Å². The quantitative estimate of drug-likeness (QED) is 0.484. The van der Waals surface area contributed by atoms with Crippen LogP contribution in [-0.4, -0.2) is 25.3 Å². The van der Waals surface area contributed by atoms with Crippen LogP contribution in [0.2, 0.25) is 0 Å². The molecule has 0 aromatic carbocycles. The number of nitriles is 1. The maximum absolute atomic E-state index is 11.6. The van der Waals surface area contributed by atoms with Crippen molar-refractivity contribution in [3.63, 3.8) is 0 Å². The van der Waals surface area contributed by atoms with Gasteiger partial charge in [-0.1, -0.05) is 13.3 Å². The largest absolute Gasteiger partial charge is 0.466 e. The molecule has 0 aliphatic carbocycles. The SMILES string of the molecule is CCCCOC(=O)CC(OCC)C(C)(C)C#N. The number of esters is 1. The Bertz CT molecular complexity index is 268. The zero-order chi connectivity index (χ0) is 13.3. The molecule has 0 radical (unpaired) electrons. The van der Waals surface area contributed by atoms with Crippen molar-refractivity contribution in [2.75, 3.05) is 13.2 Å². The van der Waals surface area contributed by atoms with Gasteiger partial charge in [0.1, 0.15) is 0 Å². The van der Waals surface area contributed by atoms with E-state index in [2.05, 4.69) is 6.07 Å². The summed E-state index contributed by atoms with van der Waals surface area (Å²) < 4.78 is 10.5. The molecule has 4 nitrogen and oxygen atoms in total. The number of rotatable bonds is 8. The second-order valence-electron chi connectivity index (χ2n) is 4.56. The average Bonchev–Trinajstić information content (AvgIpc) is 2.29. The zero-order valence-corrected chi connectivity index (χ0v) is 11.3. The van der Waals surface area contributed by atoms with Crippen molar-refractivity contribution < 1.29 is 14.3 Å². The Morgan fingerprint density at radius 1 is 1.41 bits per heavy atom. The van der Waals surface area contributed by atoms with Crippen LogP contribution >= 0.6 is 0 Å². The van der Waals surface area contributed by atoms with E-state index in [1.54, 1.807) is 13.8 Å². The number of hydrogen-bond donors (Lipinski definition) is 0. The van der Waals surface area contributed by atoms with Gasteiger partial charge in [0.2, 0.25) is 0 Å². The lowest BCUT2D eigenvalue weighted by Gasteiger charge is -2.26.